The number of halogens is 2. The van der Waals surface area contributed by atoms with Gasteiger partial charge in [0.2, 0.25) is 5.91 Å². The maximum atomic E-state index is 12.3. The molecule has 0 atom stereocenters. The van der Waals surface area contributed by atoms with Gasteiger partial charge >= 0.3 is 0 Å². The highest BCUT2D eigenvalue weighted by Gasteiger charge is 2.10. The molecule has 0 aromatic heterocycles. The van der Waals surface area contributed by atoms with Gasteiger partial charge in [-0.3, -0.25) is 4.79 Å². The summed E-state index contributed by atoms with van der Waals surface area (Å²) in [6, 6.07) is 10.8. The highest BCUT2D eigenvalue weighted by molar-refractivity contribution is 9.10. The van der Waals surface area contributed by atoms with Gasteiger partial charge in [0.15, 0.2) is 0 Å². The molecule has 2 N–H and O–H groups in total. The average molecular weight is 428 g/mol. The molecule has 0 unspecified atom stereocenters. The van der Waals surface area contributed by atoms with E-state index in [1.807, 2.05) is 26.0 Å². The minimum atomic E-state index is -0.214. The van der Waals surface area contributed by atoms with Gasteiger partial charge in [-0.25, -0.2) is 0 Å². The molecule has 0 saturated heterocycles. The lowest BCUT2D eigenvalue weighted by Gasteiger charge is -2.14. The van der Waals surface area contributed by atoms with E-state index in [2.05, 4.69) is 26.6 Å². The Hall–Kier alpha value is -1.92. The van der Waals surface area contributed by atoms with Crippen molar-refractivity contribution in [3.63, 3.8) is 0 Å². The highest BCUT2D eigenvalue weighted by atomic mass is 79.9. The smallest absolute Gasteiger partial charge is 0.243 e. The van der Waals surface area contributed by atoms with Gasteiger partial charge in [-0.15, -0.1) is 0 Å². The Morgan fingerprint density at radius 1 is 1.08 bits per heavy atom. The van der Waals surface area contributed by atoms with Crippen molar-refractivity contribution in [3.05, 3.63) is 45.9 Å². The van der Waals surface area contributed by atoms with Gasteiger partial charge < -0.3 is 20.1 Å². The lowest BCUT2D eigenvalue weighted by Crippen LogP contribution is -2.22. The van der Waals surface area contributed by atoms with Crippen LogP contribution in [0.2, 0.25) is 5.02 Å². The number of nitrogens with one attached hydrogen (secondary N) is 2. The summed E-state index contributed by atoms with van der Waals surface area (Å²) >= 11 is 9.48. The van der Waals surface area contributed by atoms with Gasteiger partial charge in [-0.1, -0.05) is 27.5 Å². The van der Waals surface area contributed by atoms with Crippen LogP contribution in [0.25, 0.3) is 0 Å². The predicted octanol–water partition coefficient (Wildman–Crippen LogP) is 4.95. The van der Waals surface area contributed by atoms with Crippen molar-refractivity contribution in [2.45, 2.75) is 13.8 Å². The van der Waals surface area contributed by atoms with E-state index < -0.39 is 0 Å². The molecule has 0 spiro atoms. The standard InChI is InChI=1S/C18H20BrClN2O3/c1-3-24-13-6-8-17(25-4-2)16(10-13)22-18(23)11-21-15-7-5-12(19)9-14(15)20/h5-10,21H,3-4,11H2,1-2H3,(H,22,23). The molecule has 0 bridgehead atoms. The summed E-state index contributed by atoms with van der Waals surface area (Å²) in [7, 11) is 0. The van der Waals surface area contributed by atoms with Crippen molar-refractivity contribution >= 4 is 44.8 Å². The fourth-order valence-corrected chi connectivity index (χ4v) is 2.89. The lowest BCUT2D eigenvalue weighted by atomic mass is 10.2. The molecule has 0 aliphatic rings. The van der Waals surface area contributed by atoms with Crippen molar-refractivity contribution in [1.82, 2.24) is 0 Å². The molecule has 0 fully saturated rings. The summed E-state index contributed by atoms with van der Waals surface area (Å²) < 4.78 is 11.9. The van der Waals surface area contributed by atoms with E-state index in [-0.39, 0.29) is 12.5 Å². The van der Waals surface area contributed by atoms with Crippen LogP contribution in [0.4, 0.5) is 11.4 Å². The van der Waals surface area contributed by atoms with Crippen LogP contribution >= 0.6 is 27.5 Å². The van der Waals surface area contributed by atoms with Crippen LogP contribution in [-0.2, 0) is 4.79 Å². The Bertz CT molecular complexity index is 740. The number of hydrogen-bond acceptors (Lipinski definition) is 4. The Kier molecular flexibility index (Phi) is 7.40. The van der Waals surface area contributed by atoms with E-state index in [1.165, 1.54) is 0 Å². The van der Waals surface area contributed by atoms with Crippen LogP contribution < -0.4 is 20.1 Å². The summed E-state index contributed by atoms with van der Waals surface area (Å²) in [6.07, 6.45) is 0. The van der Waals surface area contributed by atoms with Crippen molar-refractivity contribution in [1.29, 1.82) is 0 Å². The zero-order chi connectivity index (χ0) is 18.2. The fraction of sp³-hybridized carbons (Fsp3) is 0.278. The molecule has 5 nitrogen and oxygen atoms in total. The van der Waals surface area contributed by atoms with Crippen LogP contribution in [-0.4, -0.2) is 25.7 Å². The molecule has 0 aliphatic heterocycles. The first-order valence-corrected chi connectivity index (χ1v) is 9.09. The maximum Gasteiger partial charge on any atom is 0.243 e. The Labute approximate surface area is 160 Å². The van der Waals surface area contributed by atoms with E-state index in [0.29, 0.717) is 41.1 Å². The normalized spacial score (nSPS) is 10.2. The minimum Gasteiger partial charge on any atom is -0.494 e. The first kappa shape index (κ1) is 19.4. The highest BCUT2D eigenvalue weighted by Crippen LogP contribution is 2.30. The van der Waals surface area contributed by atoms with Gasteiger partial charge in [0.1, 0.15) is 11.5 Å². The molecule has 25 heavy (non-hydrogen) atoms. The summed E-state index contributed by atoms with van der Waals surface area (Å²) in [5.41, 5.74) is 1.26. The van der Waals surface area contributed by atoms with Crippen LogP contribution in [0.5, 0.6) is 11.5 Å². The molecule has 2 aromatic rings. The monoisotopic (exact) mass is 426 g/mol. The number of benzene rings is 2. The zero-order valence-electron chi connectivity index (χ0n) is 14.1. The van der Waals surface area contributed by atoms with Crippen LogP contribution in [0, 0.1) is 0 Å². The van der Waals surface area contributed by atoms with E-state index in [1.54, 1.807) is 24.3 Å². The Morgan fingerprint density at radius 3 is 2.52 bits per heavy atom. The van der Waals surface area contributed by atoms with Gasteiger partial charge in [-0.05, 0) is 44.2 Å². The molecule has 2 aromatic carbocycles. The lowest BCUT2D eigenvalue weighted by molar-refractivity contribution is -0.114. The molecule has 134 valence electrons. The molecule has 0 heterocycles. The molecule has 2 rings (SSSR count). The fourth-order valence-electron chi connectivity index (χ4n) is 2.15. The van der Waals surface area contributed by atoms with Crippen molar-refractivity contribution in [2.24, 2.45) is 0 Å². The van der Waals surface area contributed by atoms with E-state index in [0.717, 1.165) is 4.47 Å². The third kappa shape index (κ3) is 5.83. The summed E-state index contributed by atoms with van der Waals surface area (Å²) in [5, 5.41) is 6.39. The summed E-state index contributed by atoms with van der Waals surface area (Å²) in [4.78, 5) is 12.3. The molecular weight excluding hydrogens is 408 g/mol. The van der Waals surface area contributed by atoms with Crippen LogP contribution in [0.15, 0.2) is 40.9 Å². The van der Waals surface area contributed by atoms with E-state index in [4.69, 9.17) is 21.1 Å². The minimum absolute atomic E-state index is 0.0752. The number of rotatable bonds is 8. The Morgan fingerprint density at radius 2 is 1.84 bits per heavy atom. The number of carbonyl (C=O) groups excluding carboxylic acids is 1. The second kappa shape index (κ2) is 9.53. The van der Waals surface area contributed by atoms with Gasteiger partial charge in [-0.2, -0.15) is 0 Å². The van der Waals surface area contributed by atoms with Gasteiger partial charge in [0, 0.05) is 10.5 Å². The molecular formula is C18H20BrClN2O3. The van der Waals surface area contributed by atoms with Crippen LogP contribution in [0.1, 0.15) is 13.8 Å². The quantitative estimate of drug-likeness (QED) is 0.626. The second-order valence-electron chi connectivity index (χ2n) is 5.05. The Balaban J connectivity index is 2.04. The van der Waals surface area contributed by atoms with E-state index in [9.17, 15) is 4.79 Å². The molecule has 0 aliphatic carbocycles. The largest absolute Gasteiger partial charge is 0.494 e. The number of anilines is 2. The number of amides is 1. The maximum absolute atomic E-state index is 12.3. The van der Waals surface area contributed by atoms with Gasteiger partial charge in [0.25, 0.3) is 0 Å². The molecule has 1 amide bonds. The van der Waals surface area contributed by atoms with Crippen molar-refractivity contribution in [2.75, 3.05) is 30.4 Å². The van der Waals surface area contributed by atoms with Gasteiger partial charge in [0.05, 0.1) is 36.2 Å². The third-order valence-electron chi connectivity index (χ3n) is 3.21. The zero-order valence-corrected chi connectivity index (χ0v) is 16.4. The van der Waals surface area contributed by atoms with Crippen LogP contribution in [0.3, 0.4) is 0 Å². The third-order valence-corrected chi connectivity index (χ3v) is 4.01. The van der Waals surface area contributed by atoms with E-state index >= 15 is 0 Å². The first-order valence-electron chi connectivity index (χ1n) is 7.92. The van der Waals surface area contributed by atoms with Crippen molar-refractivity contribution in [3.8, 4) is 11.5 Å². The SMILES string of the molecule is CCOc1ccc(OCC)c(NC(=O)CNc2ccc(Br)cc2Cl)c1. The number of carbonyl (C=O) groups is 1. The predicted molar refractivity (Wildman–Crippen MR) is 105 cm³/mol. The molecule has 0 saturated carbocycles. The number of hydrogen-bond donors (Lipinski definition) is 2. The molecule has 7 heteroatoms. The van der Waals surface area contributed by atoms with Crippen molar-refractivity contribution < 1.29 is 14.3 Å². The summed E-state index contributed by atoms with van der Waals surface area (Å²) in [5.74, 6) is 1.06. The second-order valence-corrected chi connectivity index (χ2v) is 6.37. The number of ether oxygens (including phenoxy) is 2. The average Bonchev–Trinajstić information content (AvgIpc) is 2.57. The molecule has 0 radical (unpaired) electrons. The first-order chi connectivity index (χ1) is 12.0. The summed E-state index contributed by atoms with van der Waals surface area (Å²) in [6.45, 7) is 4.92. The topological polar surface area (TPSA) is 59.6 Å².